The molecule has 0 radical (unpaired) electrons. The Kier molecular flexibility index (Phi) is 2.89. The smallest absolute Gasteiger partial charge is 0.174 e. The molecule has 15 heavy (non-hydrogen) atoms. The molecule has 0 saturated heterocycles. The third-order valence-corrected chi connectivity index (χ3v) is 2.32. The molecule has 0 spiro atoms. The van der Waals surface area contributed by atoms with E-state index in [0.717, 1.165) is 24.5 Å². The third-order valence-electron chi connectivity index (χ3n) is 2.32. The summed E-state index contributed by atoms with van der Waals surface area (Å²) in [6.45, 7) is 1.91. The Morgan fingerprint density at radius 3 is 2.73 bits per heavy atom. The zero-order valence-electron chi connectivity index (χ0n) is 8.39. The van der Waals surface area contributed by atoms with Gasteiger partial charge in [-0.05, 0) is 12.1 Å². The maximum absolute atomic E-state index is 8.48. The standard InChI is InChI=1S/C12H12N2O/c13-7-10-15-12-6-2-1-5-11(12)14-8-3-4-9-14/h1-6H,8-10H2. The average Bonchev–Trinajstić information content (AvgIpc) is 2.80. The maximum Gasteiger partial charge on any atom is 0.174 e. The van der Waals surface area contributed by atoms with Crippen molar-refractivity contribution in [3.05, 3.63) is 36.4 Å². The van der Waals surface area contributed by atoms with Gasteiger partial charge in [-0.15, -0.1) is 0 Å². The largest absolute Gasteiger partial charge is 0.477 e. The first-order valence-corrected chi connectivity index (χ1v) is 4.90. The monoisotopic (exact) mass is 200 g/mol. The topological polar surface area (TPSA) is 36.3 Å². The molecule has 1 aromatic carbocycles. The van der Waals surface area contributed by atoms with Gasteiger partial charge in [-0.25, -0.2) is 0 Å². The third kappa shape index (κ3) is 2.10. The molecule has 0 aliphatic carbocycles. The molecule has 76 valence electrons. The van der Waals surface area contributed by atoms with Gasteiger partial charge in [0.15, 0.2) is 6.61 Å². The fourth-order valence-electron chi connectivity index (χ4n) is 1.63. The van der Waals surface area contributed by atoms with Crippen molar-refractivity contribution in [2.75, 3.05) is 24.6 Å². The van der Waals surface area contributed by atoms with E-state index in [2.05, 4.69) is 17.1 Å². The number of nitrogens with zero attached hydrogens (tertiary/aromatic N) is 2. The van der Waals surface area contributed by atoms with Gasteiger partial charge >= 0.3 is 0 Å². The minimum Gasteiger partial charge on any atom is -0.477 e. The summed E-state index contributed by atoms with van der Waals surface area (Å²) in [4.78, 5) is 2.20. The molecule has 0 aromatic heterocycles. The van der Waals surface area contributed by atoms with Gasteiger partial charge in [0.2, 0.25) is 0 Å². The summed E-state index contributed by atoms with van der Waals surface area (Å²) in [6, 6.07) is 9.78. The normalized spacial score (nSPS) is 13.9. The van der Waals surface area contributed by atoms with Crippen LogP contribution in [0.25, 0.3) is 0 Å². The van der Waals surface area contributed by atoms with Crippen LogP contribution in [0.2, 0.25) is 0 Å². The number of hydrogen-bond donors (Lipinski definition) is 0. The van der Waals surface area contributed by atoms with Gasteiger partial charge in [0.05, 0.1) is 5.69 Å². The van der Waals surface area contributed by atoms with Crippen molar-refractivity contribution in [3.8, 4) is 11.8 Å². The van der Waals surface area contributed by atoms with Crippen LogP contribution in [0.1, 0.15) is 0 Å². The summed E-state index contributed by atoms with van der Waals surface area (Å²) in [7, 11) is 0. The van der Waals surface area contributed by atoms with Gasteiger partial charge in [-0.1, -0.05) is 24.3 Å². The second-order valence-corrected chi connectivity index (χ2v) is 3.29. The number of anilines is 1. The number of hydrogen-bond acceptors (Lipinski definition) is 3. The van der Waals surface area contributed by atoms with E-state index in [4.69, 9.17) is 10.00 Å². The fraction of sp³-hybridized carbons (Fsp3) is 0.250. The van der Waals surface area contributed by atoms with Crippen LogP contribution < -0.4 is 9.64 Å². The number of para-hydroxylation sites is 2. The molecule has 3 heteroatoms. The molecular formula is C12H12N2O. The Bertz CT molecular complexity index is 398. The highest BCUT2D eigenvalue weighted by Crippen LogP contribution is 2.28. The predicted molar refractivity (Wildman–Crippen MR) is 58.9 cm³/mol. The highest BCUT2D eigenvalue weighted by molar-refractivity contribution is 5.60. The average molecular weight is 200 g/mol. The summed E-state index contributed by atoms with van der Waals surface area (Å²) in [5, 5.41) is 8.48. The van der Waals surface area contributed by atoms with Gasteiger partial charge in [0.25, 0.3) is 0 Å². The van der Waals surface area contributed by atoms with Crippen molar-refractivity contribution in [1.29, 1.82) is 5.26 Å². The minimum absolute atomic E-state index is 0.0955. The van der Waals surface area contributed by atoms with Crippen LogP contribution in [-0.4, -0.2) is 19.7 Å². The van der Waals surface area contributed by atoms with Crippen LogP contribution in [0, 0.1) is 11.3 Å². The number of rotatable bonds is 3. The maximum atomic E-state index is 8.48. The molecule has 0 saturated carbocycles. The first-order valence-electron chi connectivity index (χ1n) is 4.90. The molecule has 1 aliphatic heterocycles. The molecule has 1 aliphatic rings. The van der Waals surface area contributed by atoms with Crippen molar-refractivity contribution < 1.29 is 4.74 Å². The van der Waals surface area contributed by atoms with Crippen LogP contribution in [0.5, 0.6) is 5.75 Å². The molecule has 1 heterocycles. The molecule has 1 aromatic rings. The van der Waals surface area contributed by atoms with Gasteiger partial charge in [-0.2, -0.15) is 5.26 Å². The number of ether oxygens (including phenoxy) is 1. The van der Waals surface area contributed by atoms with E-state index in [1.54, 1.807) is 0 Å². The number of benzene rings is 1. The van der Waals surface area contributed by atoms with Gasteiger partial charge in [0, 0.05) is 13.1 Å². The lowest BCUT2D eigenvalue weighted by Gasteiger charge is -2.20. The Morgan fingerprint density at radius 2 is 2.00 bits per heavy atom. The van der Waals surface area contributed by atoms with Crippen LogP contribution in [0.4, 0.5) is 5.69 Å². The molecule has 0 N–H and O–H groups in total. The van der Waals surface area contributed by atoms with E-state index < -0.39 is 0 Å². The fourth-order valence-corrected chi connectivity index (χ4v) is 1.63. The number of nitriles is 1. The Balaban J connectivity index is 2.18. The van der Waals surface area contributed by atoms with Gasteiger partial charge < -0.3 is 9.64 Å². The van der Waals surface area contributed by atoms with Crippen LogP contribution in [-0.2, 0) is 0 Å². The molecule has 0 bridgehead atoms. The van der Waals surface area contributed by atoms with E-state index in [0.29, 0.717) is 0 Å². The van der Waals surface area contributed by atoms with Gasteiger partial charge in [0.1, 0.15) is 11.8 Å². The molecule has 0 amide bonds. The Labute approximate surface area is 89.2 Å². The molecule has 0 unspecified atom stereocenters. The Hall–Kier alpha value is -1.95. The summed E-state index contributed by atoms with van der Waals surface area (Å²) in [5.74, 6) is 0.780. The zero-order valence-corrected chi connectivity index (χ0v) is 8.39. The molecule has 2 rings (SSSR count). The molecular weight excluding hydrogens is 188 g/mol. The van der Waals surface area contributed by atoms with E-state index in [1.165, 1.54) is 0 Å². The first kappa shape index (κ1) is 9.60. The van der Waals surface area contributed by atoms with Crippen LogP contribution in [0.3, 0.4) is 0 Å². The van der Waals surface area contributed by atoms with Crippen molar-refractivity contribution in [3.63, 3.8) is 0 Å². The first-order chi connectivity index (χ1) is 7.42. The summed E-state index contributed by atoms with van der Waals surface area (Å²) in [6.07, 6.45) is 4.25. The Morgan fingerprint density at radius 1 is 1.27 bits per heavy atom. The van der Waals surface area contributed by atoms with Crippen molar-refractivity contribution in [1.82, 2.24) is 0 Å². The zero-order chi connectivity index (χ0) is 10.5. The highest BCUT2D eigenvalue weighted by Gasteiger charge is 2.12. The summed E-state index contributed by atoms with van der Waals surface area (Å²) in [5.41, 5.74) is 1.05. The second-order valence-electron chi connectivity index (χ2n) is 3.29. The van der Waals surface area contributed by atoms with Crippen LogP contribution >= 0.6 is 0 Å². The lowest BCUT2D eigenvalue weighted by molar-refractivity contribution is 0.368. The summed E-state index contributed by atoms with van der Waals surface area (Å²) < 4.78 is 5.37. The molecule has 0 atom stereocenters. The quantitative estimate of drug-likeness (QED) is 0.700. The lowest BCUT2D eigenvalue weighted by Crippen LogP contribution is -2.19. The van der Waals surface area contributed by atoms with Crippen molar-refractivity contribution >= 4 is 5.69 Å². The van der Waals surface area contributed by atoms with Crippen LogP contribution in [0.15, 0.2) is 36.4 Å². The summed E-state index contributed by atoms with van der Waals surface area (Å²) >= 11 is 0. The second kappa shape index (κ2) is 4.52. The van der Waals surface area contributed by atoms with E-state index in [-0.39, 0.29) is 6.61 Å². The molecule has 0 fully saturated rings. The lowest BCUT2D eigenvalue weighted by atomic mass is 10.2. The highest BCUT2D eigenvalue weighted by atomic mass is 16.5. The van der Waals surface area contributed by atoms with E-state index in [1.807, 2.05) is 30.3 Å². The molecule has 3 nitrogen and oxygen atoms in total. The predicted octanol–water partition coefficient (Wildman–Crippen LogP) is 1.97. The SMILES string of the molecule is N#CCOc1ccccc1N1CC=CC1. The van der Waals surface area contributed by atoms with Crippen molar-refractivity contribution in [2.45, 2.75) is 0 Å². The van der Waals surface area contributed by atoms with Gasteiger partial charge in [-0.3, -0.25) is 0 Å². The van der Waals surface area contributed by atoms with E-state index >= 15 is 0 Å². The minimum atomic E-state index is 0.0955. The van der Waals surface area contributed by atoms with Crippen molar-refractivity contribution in [2.24, 2.45) is 0 Å². The van der Waals surface area contributed by atoms with E-state index in [9.17, 15) is 0 Å².